The van der Waals surface area contributed by atoms with E-state index >= 15 is 0 Å². The van der Waals surface area contributed by atoms with Gasteiger partial charge in [0, 0.05) is 13.0 Å². The van der Waals surface area contributed by atoms with Crippen LogP contribution in [0.5, 0.6) is 0 Å². The third-order valence-corrected chi connectivity index (χ3v) is 4.50. The topological polar surface area (TPSA) is 103 Å². The molecule has 0 fully saturated rings. The van der Waals surface area contributed by atoms with E-state index in [0.29, 0.717) is 18.4 Å². The summed E-state index contributed by atoms with van der Waals surface area (Å²) in [4.78, 5) is 16.0. The first-order valence-corrected chi connectivity index (χ1v) is 10.4. The highest BCUT2D eigenvalue weighted by atomic mass is 16.6. The highest BCUT2D eigenvalue weighted by Crippen LogP contribution is 2.19. The smallest absolute Gasteiger partial charge is 0.407 e. The molecule has 0 aliphatic rings. The van der Waals surface area contributed by atoms with Gasteiger partial charge in [0.2, 0.25) is 5.89 Å². The van der Waals surface area contributed by atoms with E-state index in [9.17, 15) is 4.79 Å². The minimum Gasteiger partial charge on any atom is -0.444 e. The Labute approximate surface area is 169 Å². The monoisotopic (exact) mass is 394 g/mol. The van der Waals surface area contributed by atoms with Crippen molar-refractivity contribution in [3.63, 3.8) is 0 Å². The second-order valence-electron chi connectivity index (χ2n) is 8.27. The maximum Gasteiger partial charge on any atom is 0.407 e. The Hall–Kier alpha value is -1.89. The van der Waals surface area contributed by atoms with E-state index in [1.807, 2.05) is 26.8 Å². The number of nitrogens with two attached hydrogens (primary N) is 1. The fourth-order valence-corrected chi connectivity index (χ4v) is 2.91. The summed E-state index contributed by atoms with van der Waals surface area (Å²) in [6, 6.07) is -0.271. The van der Waals surface area contributed by atoms with Gasteiger partial charge in [0.25, 0.3) is 0 Å². The van der Waals surface area contributed by atoms with Gasteiger partial charge >= 0.3 is 6.09 Å². The van der Waals surface area contributed by atoms with Crippen LogP contribution in [-0.4, -0.2) is 28.4 Å². The maximum absolute atomic E-state index is 11.6. The number of carbonyl (C=O) groups is 1. The lowest BCUT2D eigenvalue weighted by molar-refractivity contribution is 0.0527. The number of ether oxygens (including phenoxy) is 1. The minimum absolute atomic E-state index is 0.271. The molecule has 1 unspecified atom stereocenters. The summed E-state index contributed by atoms with van der Waals surface area (Å²) in [6.07, 6.45) is 9.21. The maximum atomic E-state index is 11.6. The van der Waals surface area contributed by atoms with E-state index in [4.69, 9.17) is 15.0 Å². The fourth-order valence-electron chi connectivity index (χ4n) is 2.91. The van der Waals surface area contributed by atoms with Gasteiger partial charge in [-0.05, 0) is 65.2 Å². The lowest BCUT2D eigenvalue weighted by Gasteiger charge is -2.19. The van der Waals surface area contributed by atoms with Gasteiger partial charge in [0.1, 0.15) is 5.60 Å². The second kappa shape index (κ2) is 12.5. The van der Waals surface area contributed by atoms with Gasteiger partial charge in [-0.1, -0.05) is 24.6 Å². The molecular weight excluding hydrogens is 356 g/mol. The zero-order chi connectivity index (χ0) is 21.0. The zero-order valence-electron chi connectivity index (χ0n) is 18.0. The van der Waals surface area contributed by atoms with Gasteiger partial charge in [-0.15, -0.1) is 6.58 Å². The van der Waals surface area contributed by atoms with Crippen LogP contribution in [0.1, 0.15) is 90.4 Å². The van der Waals surface area contributed by atoms with E-state index in [0.717, 1.165) is 57.2 Å². The summed E-state index contributed by atoms with van der Waals surface area (Å²) in [5, 5.41) is 6.79. The van der Waals surface area contributed by atoms with Crippen LogP contribution >= 0.6 is 0 Å². The van der Waals surface area contributed by atoms with E-state index in [2.05, 4.69) is 29.0 Å². The third-order valence-electron chi connectivity index (χ3n) is 4.50. The summed E-state index contributed by atoms with van der Waals surface area (Å²) in [5.74, 6) is 1.90. The van der Waals surface area contributed by atoms with Crippen molar-refractivity contribution in [1.82, 2.24) is 15.5 Å². The van der Waals surface area contributed by atoms with Crippen LogP contribution < -0.4 is 11.1 Å². The van der Waals surface area contributed by atoms with Crippen molar-refractivity contribution in [2.45, 2.75) is 90.7 Å². The van der Waals surface area contributed by atoms with Gasteiger partial charge in [-0.2, -0.15) is 4.98 Å². The number of aryl methyl sites for hydroxylation is 1. The minimum atomic E-state index is -0.481. The Bertz CT molecular complexity index is 580. The van der Waals surface area contributed by atoms with Crippen molar-refractivity contribution >= 4 is 6.09 Å². The summed E-state index contributed by atoms with van der Waals surface area (Å²) in [6.45, 7) is 12.1. The number of nitrogens with zero attached hydrogens (tertiary/aromatic N) is 2. The molecule has 0 aliphatic carbocycles. The van der Waals surface area contributed by atoms with Crippen LogP contribution in [-0.2, 0) is 11.2 Å². The highest BCUT2D eigenvalue weighted by molar-refractivity contribution is 5.67. The molecule has 2 atom stereocenters. The number of unbranched alkanes of at least 4 members (excludes halogenated alkanes) is 1. The van der Waals surface area contributed by atoms with E-state index in [-0.39, 0.29) is 6.04 Å². The molecule has 1 amide bonds. The molecule has 0 bridgehead atoms. The molecule has 1 heterocycles. The first-order chi connectivity index (χ1) is 13.2. The van der Waals surface area contributed by atoms with Crippen LogP contribution in [0.2, 0.25) is 0 Å². The van der Waals surface area contributed by atoms with Crippen LogP contribution in [0.4, 0.5) is 4.79 Å². The van der Waals surface area contributed by atoms with Crippen LogP contribution in [0, 0.1) is 5.92 Å². The number of amides is 1. The summed E-state index contributed by atoms with van der Waals surface area (Å²) >= 11 is 0. The number of allylic oxidation sites excluding steroid dienone is 1. The van der Waals surface area contributed by atoms with E-state index in [1.54, 1.807) is 0 Å². The first-order valence-electron chi connectivity index (χ1n) is 10.4. The molecule has 7 nitrogen and oxygen atoms in total. The summed E-state index contributed by atoms with van der Waals surface area (Å²) in [7, 11) is 0. The van der Waals surface area contributed by atoms with Crippen LogP contribution in [0.3, 0.4) is 0 Å². The molecule has 0 saturated heterocycles. The highest BCUT2D eigenvalue weighted by Gasteiger charge is 2.17. The Morgan fingerprint density at radius 1 is 1.32 bits per heavy atom. The molecule has 28 heavy (non-hydrogen) atoms. The Morgan fingerprint density at radius 3 is 2.71 bits per heavy atom. The number of rotatable bonds is 13. The number of hydrogen-bond donors (Lipinski definition) is 2. The quantitative estimate of drug-likeness (QED) is 0.371. The van der Waals surface area contributed by atoms with E-state index < -0.39 is 11.7 Å². The fraction of sp³-hybridized carbons (Fsp3) is 0.762. The summed E-state index contributed by atoms with van der Waals surface area (Å²) < 4.78 is 10.5. The van der Waals surface area contributed by atoms with Crippen molar-refractivity contribution in [2.75, 3.05) is 6.54 Å². The molecule has 0 aromatic carbocycles. The molecule has 1 rings (SSSR count). The molecule has 0 saturated carbocycles. The third kappa shape index (κ3) is 10.4. The molecule has 0 radical (unpaired) electrons. The standard InChI is InChI=1S/C21H38N4O3/c1-6-11-16(7-2)12-10-14-18-24-19(28-25-18)17(22)13-8-9-15-23-20(26)27-21(3,4)5/h6,16-17H,1,7-15,22H2,2-5H3,(H,23,26)/t16?,17-/m0/s1. The largest absolute Gasteiger partial charge is 0.444 e. The normalized spacial score (nSPS) is 13.8. The van der Waals surface area contributed by atoms with Gasteiger partial charge in [0.05, 0.1) is 6.04 Å². The Morgan fingerprint density at radius 2 is 2.07 bits per heavy atom. The molecule has 160 valence electrons. The lowest BCUT2D eigenvalue weighted by atomic mass is 9.96. The van der Waals surface area contributed by atoms with Gasteiger partial charge in [-0.25, -0.2) is 4.79 Å². The Kier molecular flexibility index (Phi) is 10.8. The molecule has 1 aromatic rings. The van der Waals surface area contributed by atoms with Crippen LogP contribution in [0.15, 0.2) is 17.2 Å². The van der Waals surface area contributed by atoms with Crippen LogP contribution in [0.25, 0.3) is 0 Å². The molecule has 7 heteroatoms. The van der Waals surface area contributed by atoms with Crippen molar-refractivity contribution in [1.29, 1.82) is 0 Å². The SMILES string of the molecule is C=CCC(CC)CCCc1noc([C@@H](N)CCCCNC(=O)OC(C)(C)C)n1. The van der Waals surface area contributed by atoms with Gasteiger partial charge < -0.3 is 20.3 Å². The average Bonchev–Trinajstić information content (AvgIpc) is 3.08. The van der Waals surface area contributed by atoms with Crippen molar-refractivity contribution in [2.24, 2.45) is 11.7 Å². The number of nitrogens with one attached hydrogen (secondary N) is 1. The molecule has 1 aromatic heterocycles. The predicted octanol–water partition coefficient (Wildman–Crippen LogP) is 4.69. The summed E-state index contributed by atoms with van der Waals surface area (Å²) in [5.41, 5.74) is 5.67. The average molecular weight is 395 g/mol. The predicted molar refractivity (Wildman–Crippen MR) is 111 cm³/mol. The number of carbonyl (C=O) groups excluding carboxylic acids is 1. The molecular formula is C21H38N4O3. The number of alkyl carbamates (subject to hydrolysis) is 1. The zero-order valence-corrected chi connectivity index (χ0v) is 18.0. The number of aromatic nitrogens is 2. The Balaban J connectivity index is 2.22. The van der Waals surface area contributed by atoms with Crippen molar-refractivity contribution in [3.8, 4) is 0 Å². The van der Waals surface area contributed by atoms with Gasteiger partial charge in [0.15, 0.2) is 5.82 Å². The van der Waals surface area contributed by atoms with Crippen molar-refractivity contribution < 1.29 is 14.1 Å². The number of hydrogen-bond acceptors (Lipinski definition) is 6. The van der Waals surface area contributed by atoms with Gasteiger partial charge in [-0.3, -0.25) is 0 Å². The van der Waals surface area contributed by atoms with Crippen molar-refractivity contribution in [3.05, 3.63) is 24.4 Å². The second-order valence-corrected chi connectivity index (χ2v) is 8.27. The molecule has 0 spiro atoms. The lowest BCUT2D eigenvalue weighted by Crippen LogP contribution is -2.33. The molecule has 0 aliphatic heterocycles. The van der Waals surface area contributed by atoms with E-state index in [1.165, 1.54) is 0 Å². The first kappa shape index (κ1) is 24.1. The molecule has 3 N–H and O–H groups in total.